The molecule has 1 aromatic carbocycles. The monoisotopic (exact) mass is 203 g/mol. The molecule has 1 aliphatic heterocycles. The SMILES string of the molecule is C=CCc1c(O)cccc1C1=NCCO1. The summed E-state index contributed by atoms with van der Waals surface area (Å²) in [6, 6.07) is 5.36. The maximum atomic E-state index is 9.72. The van der Waals surface area contributed by atoms with Crippen molar-refractivity contribution in [2.45, 2.75) is 6.42 Å². The molecule has 0 fully saturated rings. The summed E-state index contributed by atoms with van der Waals surface area (Å²) in [5.74, 6) is 0.897. The van der Waals surface area contributed by atoms with Crippen molar-refractivity contribution in [1.29, 1.82) is 0 Å². The molecule has 0 amide bonds. The molecule has 0 aliphatic carbocycles. The third-order valence-electron chi connectivity index (χ3n) is 2.32. The zero-order valence-corrected chi connectivity index (χ0v) is 8.44. The van der Waals surface area contributed by atoms with Gasteiger partial charge >= 0.3 is 0 Å². The van der Waals surface area contributed by atoms with Gasteiger partial charge in [0.05, 0.1) is 6.54 Å². The van der Waals surface area contributed by atoms with Gasteiger partial charge in [0.25, 0.3) is 0 Å². The summed E-state index contributed by atoms with van der Waals surface area (Å²) in [5.41, 5.74) is 1.69. The maximum Gasteiger partial charge on any atom is 0.216 e. The minimum absolute atomic E-state index is 0.269. The van der Waals surface area contributed by atoms with Crippen molar-refractivity contribution in [3.63, 3.8) is 0 Å². The van der Waals surface area contributed by atoms with Crippen LogP contribution < -0.4 is 0 Å². The first-order valence-electron chi connectivity index (χ1n) is 4.92. The van der Waals surface area contributed by atoms with Crippen LogP contribution in [0.4, 0.5) is 0 Å². The summed E-state index contributed by atoms with van der Waals surface area (Å²) < 4.78 is 5.39. The number of aromatic hydroxyl groups is 1. The molecule has 0 saturated heterocycles. The van der Waals surface area contributed by atoms with Crippen LogP contribution in [0.15, 0.2) is 35.8 Å². The minimum atomic E-state index is 0.269. The summed E-state index contributed by atoms with van der Waals surface area (Å²) in [6.45, 7) is 4.99. The summed E-state index contributed by atoms with van der Waals surface area (Å²) in [6.07, 6.45) is 2.37. The van der Waals surface area contributed by atoms with E-state index in [1.54, 1.807) is 18.2 Å². The Morgan fingerprint density at radius 3 is 3.07 bits per heavy atom. The van der Waals surface area contributed by atoms with Gasteiger partial charge in [-0.2, -0.15) is 0 Å². The lowest BCUT2D eigenvalue weighted by Crippen LogP contribution is -2.05. The molecule has 78 valence electrons. The number of hydrogen-bond donors (Lipinski definition) is 1. The van der Waals surface area contributed by atoms with Crippen molar-refractivity contribution in [2.24, 2.45) is 4.99 Å². The summed E-state index contributed by atoms with van der Waals surface area (Å²) in [5, 5.41) is 9.72. The molecular weight excluding hydrogens is 190 g/mol. The Hall–Kier alpha value is -1.77. The second-order valence-electron chi connectivity index (χ2n) is 3.33. The van der Waals surface area contributed by atoms with E-state index in [9.17, 15) is 5.11 Å². The van der Waals surface area contributed by atoms with Crippen molar-refractivity contribution in [3.8, 4) is 5.75 Å². The van der Waals surface area contributed by atoms with E-state index in [1.807, 2.05) is 6.07 Å². The van der Waals surface area contributed by atoms with E-state index in [0.29, 0.717) is 25.5 Å². The van der Waals surface area contributed by atoms with E-state index in [1.165, 1.54) is 0 Å². The molecule has 0 saturated carbocycles. The molecule has 1 heterocycles. The van der Waals surface area contributed by atoms with Crippen molar-refractivity contribution in [3.05, 3.63) is 42.0 Å². The number of rotatable bonds is 3. The number of benzene rings is 1. The van der Waals surface area contributed by atoms with Crippen LogP contribution in [0.2, 0.25) is 0 Å². The normalized spacial score (nSPS) is 14.5. The molecule has 0 radical (unpaired) electrons. The number of ether oxygens (including phenoxy) is 1. The lowest BCUT2D eigenvalue weighted by molar-refractivity contribution is 0.348. The van der Waals surface area contributed by atoms with Crippen LogP contribution in [0.1, 0.15) is 11.1 Å². The molecule has 1 N–H and O–H groups in total. The van der Waals surface area contributed by atoms with Gasteiger partial charge in [0.2, 0.25) is 5.90 Å². The van der Waals surface area contributed by atoms with Gasteiger partial charge in [0, 0.05) is 11.1 Å². The average Bonchev–Trinajstić information content (AvgIpc) is 2.74. The topological polar surface area (TPSA) is 41.8 Å². The number of phenols is 1. The fraction of sp³-hybridized carbons (Fsp3) is 0.250. The van der Waals surface area contributed by atoms with Gasteiger partial charge in [-0.25, -0.2) is 4.99 Å². The average molecular weight is 203 g/mol. The molecule has 15 heavy (non-hydrogen) atoms. The highest BCUT2D eigenvalue weighted by Gasteiger charge is 2.15. The van der Waals surface area contributed by atoms with Gasteiger partial charge in [-0.1, -0.05) is 12.1 Å². The lowest BCUT2D eigenvalue weighted by atomic mass is 10.0. The summed E-state index contributed by atoms with van der Waals surface area (Å²) >= 11 is 0. The second-order valence-corrected chi connectivity index (χ2v) is 3.33. The number of hydrogen-bond acceptors (Lipinski definition) is 3. The van der Waals surface area contributed by atoms with Gasteiger partial charge in [-0.3, -0.25) is 0 Å². The molecule has 0 spiro atoms. The molecule has 0 atom stereocenters. The summed E-state index contributed by atoms with van der Waals surface area (Å²) in [4.78, 5) is 4.24. The van der Waals surface area contributed by atoms with Gasteiger partial charge in [0.1, 0.15) is 12.4 Å². The van der Waals surface area contributed by atoms with Gasteiger partial charge in [-0.15, -0.1) is 6.58 Å². The predicted molar refractivity (Wildman–Crippen MR) is 59.4 cm³/mol. The Kier molecular flexibility index (Phi) is 2.72. The Bertz CT molecular complexity index is 410. The van der Waals surface area contributed by atoms with Crippen molar-refractivity contribution in [1.82, 2.24) is 0 Å². The standard InChI is InChI=1S/C12H13NO2/c1-2-4-9-10(5-3-6-11(9)14)12-13-7-8-15-12/h2-3,5-6,14H,1,4,7-8H2. The van der Waals surface area contributed by atoms with Gasteiger partial charge in [-0.05, 0) is 18.6 Å². The summed E-state index contributed by atoms with van der Waals surface area (Å²) in [7, 11) is 0. The molecule has 3 nitrogen and oxygen atoms in total. The quantitative estimate of drug-likeness (QED) is 0.762. The molecule has 0 bridgehead atoms. The number of aliphatic imine (C=N–C) groups is 1. The van der Waals surface area contributed by atoms with Crippen LogP contribution in [0.5, 0.6) is 5.75 Å². The van der Waals surface area contributed by atoms with Gasteiger partial charge in [0.15, 0.2) is 0 Å². The fourth-order valence-corrected chi connectivity index (χ4v) is 1.63. The molecule has 0 unspecified atom stereocenters. The molecule has 2 rings (SSSR count). The first kappa shape index (κ1) is 9.77. The van der Waals surface area contributed by atoms with Crippen molar-refractivity contribution < 1.29 is 9.84 Å². The first-order chi connectivity index (χ1) is 7.33. The number of allylic oxidation sites excluding steroid dienone is 1. The first-order valence-corrected chi connectivity index (χ1v) is 4.92. The largest absolute Gasteiger partial charge is 0.508 e. The van der Waals surface area contributed by atoms with E-state index in [0.717, 1.165) is 11.1 Å². The number of phenolic OH excluding ortho intramolecular Hbond substituents is 1. The highest BCUT2D eigenvalue weighted by molar-refractivity contribution is 5.97. The maximum absolute atomic E-state index is 9.72. The predicted octanol–water partition coefficient (Wildman–Crippen LogP) is 1.90. The second kappa shape index (κ2) is 4.17. The van der Waals surface area contributed by atoms with Crippen LogP contribution >= 0.6 is 0 Å². The third kappa shape index (κ3) is 1.86. The van der Waals surface area contributed by atoms with E-state index in [4.69, 9.17) is 4.74 Å². The minimum Gasteiger partial charge on any atom is -0.508 e. The third-order valence-corrected chi connectivity index (χ3v) is 2.32. The molecule has 1 aliphatic rings. The highest BCUT2D eigenvalue weighted by Crippen LogP contribution is 2.23. The lowest BCUT2D eigenvalue weighted by Gasteiger charge is -2.09. The Balaban J connectivity index is 2.44. The van der Waals surface area contributed by atoms with Crippen LogP contribution in [-0.4, -0.2) is 24.2 Å². The zero-order chi connectivity index (χ0) is 10.7. The molecule has 3 heteroatoms. The Morgan fingerprint density at radius 2 is 2.40 bits per heavy atom. The van der Waals surface area contributed by atoms with Crippen LogP contribution in [0.25, 0.3) is 0 Å². The highest BCUT2D eigenvalue weighted by atomic mass is 16.5. The fourth-order valence-electron chi connectivity index (χ4n) is 1.63. The molecule has 1 aromatic rings. The van der Waals surface area contributed by atoms with Crippen LogP contribution in [0, 0.1) is 0 Å². The smallest absolute Gasteiger partial charge is 0.216 e. The Morgan fingerprint density at radius 1 is 1.53 bits per heavy atom. The molecule has 0 aromatic heterocycles. The van der Waals surface area contributed by atoms with Crippen LogP contribution in [-0.2, 0) is 11.2 Å². The van der Waals surface area contributed by atoms with E-state index >= 15 is 0 Å². The van der Waals surface area contributed by atoms with Crippen LogP contribution in [0.3, 0.4) is 0 Å². The van der Waals surface area contributed by atoms with Crippen molar-refractivity contribution in [2.75, 3.05) is 13.2 Å². The molecular formula is C12H13NO2. The van der Waals surface area contributed by atoms with E-state index < -0.39 is 0 Å². The van der Waals surface area contributed by atoms with E-state index in [-0.39, 0.29) is 5.75 Å². The van der Waals surface area contributed by atoms with Crippen molar-refractivity contribution >= 4 is 5.90 Å². The number of nitrogens with zero attached hydrogens (tertiary/aromatic N) is 1. The Labute approximate surface area is 88.7 Å². The van der Waals surface area contributed by atoms with E-state index in [2.05, 4.69) is 11.6 Å². The van der Waals surface area contributed by atoms with Gasteiger partial charge < -0.3 is 9.84 Å². The zero-order valence-electron chi connectivity index (χ0n) is 8.44.